The van der Waals surface area contributed by atoms with Gasteiger partial charge in [-0.2, -0.15) is 4.31 Å². The second-order valence-corrected chi connectivity index (χ2v) is 12.6. The first-order valence-corrected chi connectivity index (χ1v) is 14.2. The van der Waals surface area contributed by atoms with Gasteiger partial charge >= 0.3 is 5.97 Å². The number of nitrogens with one attached hydrogen (secondary N) is 1. The van der Waals surface area contributed by atoms with E-state index in [4.69, 9.17) is 16.3 Å². The molecule has 0 aliphatic carbocycles. The SMILES string of the molecule is CCOC(=O)c1sc(-c2ccccc2)cc1NC(=O)C1CCN(S(=O)(=O)c2ccc(Cl)s2)CC1. The quantitative estimate of drug-likeness (QED) is 0.409. The van der Waals surface area contributed by atoms with E-state index in [-0.39, 0.29) is 35.7 Å². The molecule has 0 radical (unpaired) electrons. The Hall–Kier alpha value is -2.24. The monoisotopic (exact) mass is 538 g/mol. The van der Waals surface area contributed by atoms with Gasteiger partial charge in [-0.05, 0) is 43.5 Å². The van der Waals surface area contributed by atoms with Crippen molar-refractivity contribution in [2.75, 3.05) is 25.0 Å². The Morgan fingerprint density at radius 2 is 1.82 bits per heavy atom. The van der Waals surface area contributed by atoms with Crippen LogP contribution < -0.4 is 5.32 Å². The number of hydrogen-bond donors (Lipinski definition) is 1. The summed E-state index contributed by atoms with van der Waals surface area (Å²) in [5.74, 6) is -1.09. The number of thiophene rings is 2. The number of amides is 1. The summed E-state index contributed by atoms with van der Waals surface area (Å²) in [4.78, 5) is 26.7. The summed E-state index contributed by atoms with van der Waals surface area (Å²) in [6.07, 6.45) is 0.767. The second kappa shape index (κ2) is 10.6. The minimum absolute atomic E-state index is 0.200. The molecule has 34 heavy (non-hydrogen) atoms. The van der Waals surface area contributed by atoms with Gasteiger partial charge in [0.25, 0.3) is 10.0 Å². The number of benzene rings is 1. The molecule has 0 spiro atoms. The summed E-state index contributed by atoms with van der Waals surface area (Å²) in [7, 11) is -3.62. The molecule has 4 rings (SSSR count). The fourth-order valence-corrected chi connectivity index (χ4v) is 7.85. The van der Waals surface area contributed by atoms with Crippen molar-refractivity contribution in [1.29, 1.82) is 0 Å². The van der Waals surface area contributed by atoms with Gasteiger partial charge in [0.05, 0.1) is 16.6 Å². The molecule has 1 N–H and O–H groups in total. The molecule has 3 heterocycles. The van der Waals surface area contributed by atoms with Gasteiger partial charge in [0, 0.05) is 23.9 Å². The van der Waals surface area contributed by atoms with E-state index in [1.54, 1.807) is 19.1 Å². The van der Waals surface area contributed by atoms with Gasteiger partial charge in [-0.3, -0.25) is 4.79 Å². The van der Waals surface area contributed by atoms with Gasteiger partial charge in [0.1, 0.15) is 9.09 Å². The lowest BCUT2D eigenvalue weighted by Crippen LogP contribution is -2.41. The molecule has 1 amide bonds. The highest BCUT2D eigenvalue weighted by Crippen LogP contribution is 2.36. The number of nitrogens with zero attached hydrogens (tertiary/aromatic N) is 1. The Morgan fingerprint density at radius 1 is 1.12 bits per heavy atom. The highest BCUT2D eigenvalue weighted by molar-refractivity contribution is 7.91. The van der Waals surface area contributed by atoms with Crippen molar-refractivity contribution in [2.45, 2.75) is 24.0 Å². The highest BCUT2D eigenvalue weighted by Gasteiger charge is 2.33. The molecule has 1 fully saturated rings. The highest BCUT2D eigenvalue weighted by atomic mass is 35.5. The van der Waals surface area contributed by atoms with Crippen LogP contribution in [0.25, 0.3) is 10.4 Å². The van der Waals surface area contributed by atoms with Crippen LogP contribution in [0.2, 0.25) is 4.34 Å². The van der Waals surface area contributed by atoms with E-state index in [1.165, 1.54) is 21.7 Å². The molecule has 0 unspecified atom stereocenters. The van der Waals surface area contributed by atoms with Gasteiger partial charge in [-0.25, -0.2) is 13.2 Å². The zero-order chi connectivity index (χ0) is 24.3. The van der Waals surface area contributed by atoms with E-state index in [0.717, 1.165) is 21.8 Å². The zero-order valence-corrected chi connectivity index (χ0v) is 21.5. The van der Waals surface area contributed by atoms with Gasteiger partial charge in [0.2, 0.25) is 5.91 Å². The molecule has 1 aliphatic rings. The Kier molecular flexibility index (Phi) is 7.73. The third-order valence-corrected chi connectivity index (χ3v) is 10.2. The minimum Gasteiger partial charge on any atom is -0.462 e. The Labute approximate surface area is 211 Å². The molecular weight excluding hydrogens is 516 g/mol. The van der Waals surface area contributed by atoms with E-state index in [0.29, 0.717) is 27.7 Å². The maximum atomic E-state index is 13.0. The van der Waals surface area contributed by atoms with Crippen LogP contribution >= 0.6 is 34.3 Å². The van der Waals surface area contributed by atoms with E-state index in [1.807, 2.05) is 30.3 Å². The fourth-order valence-electron chi connectivity index (χ4n) is 3.73. The van der Waals surface area contributed by atoms with Crippen LogP contribution in [0.3, 0.4) is 0 Å². The fraction of sp³-hybridized carbons (Fsp3) is 0.304. The normalized spacial score (nSPS) is 15.2. The molecule has 7 nitrogen and oxygen atoms in total. The van der Waals surface area contributed by atoms with E-state index in [2.05, 4.69) is 5.32 Å². The maximum absolute atomic E-state index is 13.0. The summed E-state index contributed by atoms with van der Waals surface area (Å²) >= 11 is 8.18. The number of ether oxygens (including phenoxy) is 1. The molecule has 3 aromatic rings. The largest absolute Gasteiger partial charge is 0.462 e. The van der Waals surface area contributed by atoms with E-state index >= 15 is 0 Å². The van der Waals surface area contributed by atoms with Crippen molar-refractivity contribution in [3.8, 4) is 10.4 Å². The average molecular weight is 539 g/mol. The number of sulfonamides is 1. The topological polar surface area (TPSA) is 92.8 Å². The summed E-state index contributed by atoms with van der Waals surface area (Å²) in [5.41, 5.74) is 1.35. The molecule has 1 aromatic carbocycles. The summed E-state index contributed by atoms with van der Waals surface area (Å²) in [6.45, 7) is 2.43. The first kappa shape index (κ1) is 24.9. The molecule has 0 saturated carbocycles. The summed E-state index contributed by atoms with van der Waals surface area (Å²) < 4.78 is 32.8. The first-order valence-electron chi connectivity index (χ1n) is 10.7. The van der Waals surface area contributed by atoms with Crippen LogP contribution in [0.15, 0.2) is 52.7 Å². The molecule has 2 aromatic heterocycles. The Morgan fingerprint density at radius 3 is 2.44 bits per heavy atom. The number of piperidine rings is 1. The number of carbonyl (C=O) groups is 2. The third-order valence-electron chi connectivity index (χ3n) is 5.48. The van der Waals surface area contributed by atoms with Crippen molar-refractivity contribution in [2.24, 2.45) is 5.92 Å². The van der Waals surface area contributed by atoms with E-state index in [9.17, 15) is 18.0 Å². The Bertz CT molecular complexity index is 1280. The van der Waals surface area contributed by atoms with Crippen LogP contribution in [0.5, 0.6) is 0 Å². The molecule has 1 aliphatic heterocycles. The van der Waals surface area contributed by atoms with Crippen molar-refractivity contribution in [3.05, 3.63) is 57.7 Å². The summed E-state index contributed by atoms with van der Waals surface area (Å²) in [6, 6.07) is 14.4. The predicted octanol–water partition coefficient (Wildman–Crippen LogP) is 5.35. The van der Waals surface area contributed by atoms with Gasteiger partial charge in [-0.15, -0.1) is 22.7 Å². The van der Waals surface area contributed by atoms with Crippen molar-refractivity contribution in [1.82, 2.24) is 4.31 Å². The predicted molar refractivity (Wildman–Crippen MR) is 135 cm³/mol. The zero-order valence-electron chi connectivity index (χ0n) is 18.3. The van der Waals surface area contributed by atoms with Gasteiger partial charge in [0.15, 0.2) is 0 Å². The van der Waals surface area contributed by atoms with Crippen molar-refractivity contribution >= 4 is 61.9 Å². The minimum atomic E-state index is -3.62. The van der Waals surface area contributed by atoms with Gasteiger partial charge in [-0.1, -0.05) is 41.9 Å². The lowest BCUT2D eigenvalue weighted by atomic mass is 9.97. The van der Waals surface area contributed by atoms with Gasteiger partial charge < -0.3 is 10.1 Å². The number of hydrogen-bond acceptors (Lipinski definition) is 7. The molecule has 0 atom stereocenters. The van der Waals surface area contributed by atoms with Crippen LogP contribution in [0.1, 0.15) is 29.4 Å². The number of carbonyl (C=O) groups excluding carboxylic acids is 2. The molecular formula is C23H23ClN2O5S3. The molecule has 0 bridgehead atoms. The molecule has 180 valence electrons. The van der Waals surface area contributed by atoms with Crippen LogP contribution in [-0.4, -0.2) is 44.3 Å². The average Bonchev–Trinajstić information content (AvgIpc) is 3.47. The van der Waals surface area contributed by atoms with Crippen LogP contribution in [-0.2, 0) is 19.6 Å². The standard InChI is InChI=1S/C23H23ClN2O5S3/c1-2-31-23(28)21-17(14-18(32-21)15-6-4-3-5-7-15)25-22(27)16-10-12-26(13-11-16)34(29,30)20-9-8-19(24)33-20/h3-9,14,16H,2,10-13H2,1H3,(H,25,27). The first-order chi connectivity index (χ1) is 16.3. The lowest BCUT2D eigenvalue weighted by molar-refractivity contribution is -0.120. The van der Waals surface area contributed by atoms with E-state index < -0.39 is 16.0 Å². The molecule has 1 saturated heterocycles. The summed E-state index contributed by atoms with van der Waals surface area (Å²) in [5, 5.41) is 2.89. The second-order valence-electron chi connectivity index (χ2n) is 7.67. The molecule has 11 heteroatoms. The van der Waals surface area contributed by atoms with Crippen molar-refractivity contribution < 1.29 is 22.7 Å². The van der Waals surface area contributed by atoms with Crippen LogP contribution in [0, 0.1) is 5.92 Å². The maximum Gasteiger partial charge on any atom is 0.350 e. The third kappa shape index (κ3) is 5.36. The number of esters is 1. The number of anilines is 1. The van der Waals surface area contributed by atoms with Crippen LogP contribution in [0.4, 0.5) is 5.69 Å². The smallest absolute Gasteiger partial charge is 0.350 e. The number of halogens is 1. The number of rotatable bonds is 7. The van der Waals surface area contributed by atoms with Crippen molar-refractivity contribution in [3.63, 3.8) is 0 Å². The Balaban J connectivity index is 1.46. The lowest BCUT2D eigenvalue weighted by Gasteiger charge is -2.30.